The molecule has 0 heterocycles. The summed E-state index contributed by atoms with van der Waals surface area (Å²) in [7, 11) is 0. The van der Waals surface area contributed by atoms with E-state index in [1.54, 1.807) is 0 Å². The van der Waals surface area contributed by atoms with Crippen LogP contribution in [0.5, 0.6) is 0 Å². The van der Waals surface area contributed by atoms with E-state index in [-0.39, 0.29) is 151 Å². The van der Waals surface area contributed by atoms with Gasteiger partial charge in [-0.05, 0) is 0 Å². The molecule has 0 saturated carbocycles. The van der Waals surface area contributed by atoms with Crippen LogP contribution in [0.3, 0.4) is 0 Å². The van der Waals surface area contributed by atoms with Gasteiger partial charge in [0.05, 0.1) is 0 Å². The summed E-state index contributed by atoms with van der Waals surface area (Å²) in [6.45, 7) is 0. The van der Waals surface area contributed by atoms with Crippen LogP contribution in [-0.4, -0.2) is 34.7 Å². The molecule has 0 N–H and O–H groups in total. The van der Waals surface area contributed by atoms with Gasteiger partial charge in [-0.2, -0.15) is 0 Å². The molecule has 11 heavy (non-hydrogen) atoms. The molecule has 0 spiro atoms. The van der Waals surface area contributed by atoms with Gasteiger partial charge in [-0.25, -0.2) is 0 Å². The quantitative estimate of drug-likeness (QED) is 0.359. The van der Waals surface area contributed by atoms with Gasteiger partial charge in [0.15, 0.2) is 0 Å². The van der Waals surface area contributed by atoms with E-state index in [1.165, 1.54) is 0 Å². The first-order valence-electron chi connectivity index (χ1n) is 0. The maximum Gasteiger partial charge on any atom is 3.00 e. The van der Waals surface area contributed by atoms with Crippen LogP contribution >= 0.6 is 0 Å². The fourth-order valence-corrected chi connectivity index (χ4v) is 0. The second-order valence-electron chi connectivity index (χ2n) is 0. The number of hydrogen-bond donors (Lipinski definition) is 0. The zero-order chi connectivity index (χ0) is 0. The molecule has 0 aromatic rings. The van der Waals surface area contributed by atoms with Crippen molar-refractivity contribution in [1.82, 2.24) is 0 Å². The monoisotopic (exact) mass is 390 g/mol. The van der Waals surface area contributed by atoms with Gasteiger partial charge in [-0.15, -0.1) is 0 Å². The number of rotatable bonds is 0. The Bertz CT molecular complexity index is 12.1. The first-order chi connectivity index (χ1) is 0. The minimum Gasteiger partial charge on any atom is -1.00 e. The molecule has 0 rings (SSSR count). The van der Waals surface area contributed by atoms with E-state index in [2.05, 4.69) is 0 Å². The van der Waals surface area contributed by atoms with E-state index in [4.69, 9.17) is 0 Å². The fourth-order valence-electron chi connectivity index (χ4n) is 0. The molecule has 0 aliphatic rings. The van der Waals surface area contributed by atoms with E-state index in [0.717, 1.165) is 0 Å². The van der Waals surface area contributed by atoms with Crippen LogP contribution in [0.15, 0.2) is 0 Å². The van der Waals surface area contributed by atoms with Crippen LogP contribution in [0.4, 0.5) is 0 Å². The van der Waals surface area contributed by atoms with Gasteiger partial charge in [-0.3, -0.25) is 0 Å². The van der Waals surface area contributed by atoms with Gasteiger partial charge in [0, 0.05) is 0 Å². The Kier molecular flexibility index (Phi) is 2610. The zero-order valence-corrected chi connectivity index (χ0v) is 14.0. The largest absolute Gasteiger partial charge is 3.00 e. The molecule has 0 aromatic carbocycles. The Morgan fingerprint density at radius 1 is 0.273 bits per heavy atom. The fraction of sp³-hybridized carbons (Fsp3) is 0. The molecule has 0 aromatic heterocycles. The summed E-state index contributed by atoms with van der Waals surface area (Å²) in [6.07, 6.45) is 0. The Labute approximate surface area is 149 Å². The van der Waals surface area contributed by atoms with Gasteiger partial charge in [0.2, 0.25) is 0 Å². The van der Waals surface area contributed by atoms with Gasteiger partial charge in [0.25, 0.3) is 0 Å². The summed E-state index contributed by atoms with van der Waals surface area (Å²) < 4.78 is 0. The third kappa shape index (κ3) is 129. The Balaban J connectivity index is 0. The molecule has 70 valence electrons. The van der Waals surface area contributed by atoms with Crippen molar-refractivity contribution in [3.05, 3.63) is 0 Å². The van der Waals surface area contributed by atoms with Gasteiger partial charge < -0.3 is 99.3 Å². The first-order valence-corrected chi connectivity index (χ1v) is 0. The SMILES string of the molecule is [Al+3].[Al+3].[Cl-].[Cl-].[Cl-].[Cl-].[Cl-].[Cl-].[Cl-].[Cl-].[Fe+2]. The smallest absolute Gasteiger partial charge is 1.00 e. The standard InChI is InChI=1S/2Al.8ClH.Fe/h;;8*1H;/q2*+3;;;;;;;;;+2/p-8. The molecule has 0 radical (unpaired) electrons. The summed E-state index contributed by atoms with van der Waals surface area (Å²) in [5, 5.41) is 0. The van der Waals surface area contributed by atoms with Crippen LogP contribution in [0.2, 0.25) is 0 Å². The Morgan fingerprint density at radius 3 is 0.273 bits per heavy atom. The van der Waals surface area contributed by atoms with Crippen molar-refractivity contribution in [1.29, 1.82) is 0 Å². The van der Waals surface area contributed by atoms with Crippen molar-refractivity contribution in [2.45, 2.75) is 0 Å². The van der Waals surface area contributed by atoms with Crippen LogP contribution in [-0.2, 0) is 17.1 Å². The number of halogens is 8. The minimum absolute atomic E-state index is 0. The maximum atomic E-state index is 0. The van der Waals surface area contributed by atoms with Gasteiger partial charge in [0.1, 0.15) is 0 Å². The molecule has 0 nitrogen and oxygen atoms in total. The van der Waals surface area contributed by atoms with Crippen LogP contribution in [0.1, 0.15) is 0 Å². The molecule has 0 aliphatic carbocycles. The van der Waals surface area contributed by atoms with Crippen molar-refractivity contribution >= 4 is 34.7 Å². The number of hydrogen-bond acceptors (Lipinski definition) is 0. The van der Waals surface area contributed by atoms with Crippen molar-refractivity contribution in [2.24, 2.45) is 0 Å². The predicted octanol–water partition coefficient (Wildman–Crippen LogP) is -24.7. The van der Waals surface area contributed by atoms with Gasteiger partial charge >= 0.3 is 51.8 Å². The van der Waals surface area contributed by atoms with E-state index in [9.17, 15) is 0 Å². The summed E-state index contributed by atoms with van der Waals surface area (Å²) in [4.78, 5) is 0. The molecule has 0 saturated heterocycles. The summed E-state index contributed by atoms with van der Waals surface area (Å²) in [5.74, 6) is 0. The van der Waals surface area contributed by atoms with Crippen molar-refractivity contribution in [3.8, 4) is 0 Å². The molecular weight excluding hydrogens is 393 g/mol. The third-order valence-electron chi connectivity index (χ3n) is 0. The summed E-state index contributed by atoms with van der Waals surface area (Å²) in [6, 6.07) is 0. The van der Waals surface area contributed by atoms with E-state index in [0.29, 0.717) is 0 Å². The van der Waals surface area contributed by atoms with E-state index in [1.807, 2.05) is 0 Å². The van der Waals surface area contributed by atoms with Crippen molar-refractivity contribution in [3.63, 3.8) is 0 Å². The van der Waals surface area contributed by atoms with Crippen LogP contribution < -0.4 is 99.3 Å². The summed E-state index contributed by atoms with van der Waals surface area (Å²) >= 11 is 0. The second-order valence-corrected chi connectivity index (χ2v) is 0. The molecule has 0 fully saturated rings. The minimum atomic E-state index is 0. The summed E-state index contributed by atoms with van der Waals surface area (Å²) in [5.41, 5.74) is 0. The average molecular weight is 393 g/mol. The molecule has 11 heteroatoms. The molecule has 0 amide bonds. The molecule has 0 aliphatic heterocycles. The van der Waals surface area contributed by atoms with Crippen molar-refractivity contribution in [2.75, 3.05) is 0 Å². The molecule has 0 bridgehead atoms. The topological polar surface area (TPSA) is 0 Å². The van der Waals surface area contributed by atoms with Crippen molar-refractivity contribution < 1.29 is 116 Å². The van der Waals surface area contributed by atoms with E-state index < -0.39 is 0 Å². The maximum absolute atomic E-state index is 0. The van der Waals surface area contributed by atoms with Gasteiger partial charge in [-0.1, -0.05) is 0 Å². The Morgan fingerprint density at radius 2 is 0.273 bits per heavy atom. The zero-order valence-electron chi connectivity index (χ0n) is 4.53. The average Bonchev–Trinajstić information content (AvgIpc) is 0. The Hall–Kier alpha value is 3.90. The predicted molar refractivity (Wildman–Crippen MR) is 11.5 cm³/mol. The normalized spacial score (nSPS) is 0. The molecule has 0 unspecified atom stereocenters. The van der Waals surface area contributed by atoms with Crippen LogP contribution in [0.25, 0.3) is 0 Å². The second kappa shape index (κ2) is 152. The van der Waals surface area contributed by atoms with E-state index >= 15 is 0 Å². The third-order valence-corrected chi connectivity index (χ3v) is 0. The molecular formula is Al2Cl8Fe. The molecule has 0 atom stereocenters. The first kappa shape index (κ1) is 189. The van der Waals surface area contributed by atoms with Crippen LogP contribution in [0, 0.1) is 0 Å².